The summed E-state index contributed by atoms with van der Waals surface area (Å²) in [5.41, 5.74) is 3.15. The number of para-hydroxylation sites is 2. The number of unbranched alkanes of at least 4 members (excludes halogenated alkanes) is 3. The molecule has 1 heterocycles. The summed E-state index contributed by atoms with van der Waals surface area (Å²) in [6, 6.07) is 13.9. The summed E-state index contributed by atoms with van der Waals surface area (Å²) in [6.07, 6.45) is 6.94. The van der Waals surface area contributed by atoms with Crippen LogP contribution in [0.5, 0.6) is 11.5 Å². The lowest BCUT2D eigenvalue weighted by molar-refractivity contribution is -0.120. The van der Waals surface area contributed by atoms with Crippen molar-refractivity contribution in [2.75, 3.05) is 20.8 Å². The van der Waals surface area contributed by atoms with Crippen LogP contribution in [0.25, 0.3) is 11.0 Å². The van der Waals surface area contributed by atoms with Gasteiger partial charge in [-0.3, -0.25) is 4.79 Å². The van der Waals surface area contributed by atoms with Gasteiger partial charge in [0.15, 0.2) is 11.5 Å². The number of carbonyl (C=O) groups is 1. The summed E-state index contributed by atoms with van der Waals surface area (Å²) < 4.78 is 12.9. The molecular formula is C26H35N3O3. The highest BCUT2D eigenvalue weighted by atomic mass is 16.5. The molecule has 1 N–H and O–H groups in total. The first kappa shape index (κ1) is 23.6. The van der Waals surface area contributed by atoms with Crippen LogP contribution in [0.2, 0.25) is 0 Å². The quantitative estimate of drug-likeness (QED) is 0.385. The number of fused-ring (bicyclic) bond motifs is 1. The molecule has 1 amide bonds. The molecule has 0 aliphatic rings. The number of hydrogen-bond donors (Lipinski definition) is 1. The van der Waals surface area contributed by atoms with Crippen molar-refractivity contribution >= 4 is 16.9 Å². The van der Waals surface area contributed by atoms with Crippen LogP contribution >= 0.6 is 0 Å². The van der Waals surface area contributed by atoms with Crippen molar-refractivity contribution in [2.24, 2.45) is 0 Å². The number of benzene rings is 2. The third kappa shape index (κ3) is 6.25. The van der Waals surface area contributed by atoms with Gasteiger partial charge in [0, 0.05) is 19.5 Å². The van der Waals surface area contributed by atoms with Gasteiger partial charge >= 0.3 is 0 Å². The van der Waals surface area contributed by atoms with E-state index < -0.39 is 0 Å². The molecule has 0 saturated heterocycles. The van der Waals surface area contributed by atoms with Gasteiger partial charge in [-0.15, -0.1) is 0 Å². The zero-order valence-corrected chi connectivity index (χ0v) is 19.5. The van der Waals surface area contributed by atoms with Gasteiger partial charge in [-0.2, -0.15) is 0 Å². The van der Waals surface area contributed by atoms with E-state index in [1.54, 1.807) is 14.2 Å². The zero-order chi connectivity index (χ0) is 22.8. The van der Waals surface area contributed by atoms with Crippen molar-refractivity contribution in [1.29, 1.82) is 0 Å². The van der Waals surface area contributed by atoms with Crippen LogP contribution in [0.4, 0.5) is 0 Å². The predicted octanol–water partition coefficient (Wildman–Crippen LogP) is 4.93. The van der Waals surface area contributed by atoms with Crippen LogP contribution in [0.1, 0.15) is 50.4 Å². The van der Waals surface area contributed by atoms with Crippen LogP contribution < -0.4 is 14.8 Å². The molecule has 2 aromatic carbocycles. The Morgan fingerprint density at radius 2 is 1.81 bits per heavy atom. The predicted molar refractivity (Wildman–Crippen MR) is 128 cm³/mol. The molecule has 32 heavy (non-hydrogen) atoms. The van der Waals surface area contributed by atoms with Gasteiger partial charge in [0.25, 0.3) is 0 Å². The molecule has 3 rings (SSSR count). The summed E-state index contributed by atoms with van der Waals surface area (Å²) in [5, 5.41) is 3.03. The van der Waals surface area contributed by atoms with E-state index in [1.165, 1.54) is 31.2 Å². The summed E-state index contributed by atoms with van der Waals surface area (Å²) in [4.78, 5) is 17.2. The average molecular weight is 438 g/mol. The maximum Gasteiger partial charge on any atom is 0.224 e. The molecule has 0 atom stereocenters. The largest absolute Gasteiger partial charge is 0.493 e. The maximum absolute atomic E-state index is 12.4. The second-order valence-corrected chi connectivity index (χ2v) is 8.05. The molecule has 3 aromatic rings. The maximum atomic E-state index is 12.4. The van der Waals surface area contributed by atoms with E-state index in [9.17, 15) is 4.79 Å². The monoisotopic (exact) mass is 437 g/mol. The fourth-order valence-electron chi connectivity index (χ4n) is 3.98. The Balaban J connectivity index is 1.52. The van der Waals surface area contributed by atoms with Crippen LogP contribution in [-0.2, 0) is 24.2 Å². The molecule has 6 nitrogen and oxygen atoms in total. The number of aromatic nitrogens is 2. The van der Waals surface area contributed by atoms with Gasteiger partial charge in [-0.25, -0.2) is 4.98 Å². The van der Waals surface area contributed by atoms with Crippen molar-refractivity contribution in [2.45, 2.75) is 58.4 Å². The molecule has 0 aliphatic heterocycles. The lowest BCUT2D eigenvalue weighted by Gasteiger charge is -2.11. The molecule has 0 fully saturated rings. The number of rotatable bonds is 13. The number of hydrogen-bond acceptors (Lipinski definition) is 4. The molecule has 0 aliphatic carbocycles. The highest BCUT2D eigenvalue weighted by Crippen LogP contribution is 2.27. The van der Waals surface area contributed by atoms with E-state index in [2.05, 4.69) is 35.0 Å². The Morgan fingerprint density at radius 3 is 2.59 bits per heavy atom. The number of imidazole rings is 1. The van der Waals surface area contributed by atoms with Gasteiger partial charge in [-0.1, -0.05) is 44.4 Å². The molecule has 0 radical (unpaired) electrons. The fourth-order valence-corrected chi connectivity index (χ4v) is 3.98. The van der Waals surface area contributed by atoms with Gasteiger partial charge in [-0.05, 0) is 42.7 Å². The molecule has 0 saturated carbocycles. The first-order valence-electron chi connectivity index (χ1n) is 11.6. The standard InChI is InChI=1S/C26H35N3O3/c1-4-5-6-9-17-29-22-12-8-7-11-21(22)28-25(29)13-10-16-27-26(30)19-20-14-15-23(31-2)24(18-20)32-3/h7-8,11-12,14-15,18H,4-6,9-10,13,16-17,19H2,1-3H3,(H,27,30). The lowest BCUT2D eigenvalue weighted by Crippen LogP contribution is -2.26. The third-order valence-corrected chi connectivity index (χ3v) is 5.68. The lowest BCUT2D eigenvalue weighted by atomic mass is 10.1. The first-order valence-corrected chi connectivity index (χ1v) is 11.6. The molecular weight excluding hydrogens is 402 g/mol. The first-order chi connectivity index (χ1) is 15.7. The highest BCUT2D eigenvalue weighted by molar-refractivity contribution is 5.78. The van der Waals surface area contributed by atoms with Crippen LogP contribution in [0.15, 0.2) is 42.5 Å². The summed E-state index contributed by atoms with van der Waals surface area (Å²) >= 11 is 0. The summed E-state index contributed by atoms with van der Waals surface area (Å²) in [6.45, 7) is 3.87. The molecule has 0 bridgehead atoms. The van der Waals surface area contributed by atoms with E-state index >= 15 is 0 Å². The van der Waals surface area contributed by atoms with Crippen molar-refractivity contribution in [3.8, 4) is 11.5 Å². The number of aryl methyl sites for hydroxylation is 2. The van der Waals surface area contributed by atoms with E-state index in [4.69, 9.17) is 14.5 Å². The number of nitrogens with one attached hydrogen (secondary N) is 1. The van der Waals surface area contributed by atoms with Gasteiger partial charge < -0.3 is 19.4 Å². The van der Waals surface area contributed by atoms with E-state index in [1.807, 2.05) is 24.3 Å². The van der Waals surface area contributed by atoms with Crippen molar-refractivity contribution in [1.82, 2.24) is 14.9 Å². The number of amides is 1. The molecule has 0 spiro atoms. The minimum Gasteiger partial charge on any atom is -0.493 e. The summed E-state index contributed by atoms with van der Waals surface area (Å²) in [5.74, 6) is 2.41. The van der Waals surface area contributed by atoms with Gasteiger partial charge in [0.1, 0.15) is 5.82 Å². The molecule has 172 valence electrons. The number of ether oxygens (including phenoxy) is 2. The number of carbonyl (C=O) groups excluding carboxylic acids is 1. The van der Waals surface area contributed by atoms with Crippen LogP contribution in [0, 0.1) is 0 Å². The van der Waals surface area contributed by atoms with E-state index in [0.717, 1.165) is 36.3 Å². The van der Waals surface area contributed by atoms with E-state index in [-0.39, 0.29) is 5.91 Å². The van der Waals surface area contributed by atoms with Crippen molar-refractivity contribution in [3.63, 3.8) is 0 Å². The zero-order valence-electron chi connectivity index (χ0n) is 19.5. The Labute approximate surface area is 190 Å². The Morgan fingerprint density at radius 1 is 1.00 bits per heavy atom. The Hall–Kier alpha value is -3.02. The second kappa shape index (κ2) is 12.1. The summed E-state index contributed by atoms with van der Waals surface area (Å²) in [7, 11) is 3.20. The van der Waals surface area contributed by atoms with E-state index in [0.29, 0.717) is 24.5 Å². The SMILES string of the molecule is CCCCCCn1c(CCCNC(=O)Cc2ccc(OC)c(OC)c2)nc2ccccc21. The molecule has 6 heteroatoms. The minimum atomic E-state index is 0.00490. The second-order valence-electron chi connectivity index (χ2n) is 8.05. The minimum absolute atomic E-state index is 0.00490. The van der Waals surface area contributed by atoms with Crippen molar-refractivity contribution in [3.05, 3.63) is 53.9 Å². The third-order valence-electron chi connectivity index (χ3n) is 5.68. The normalized spacial score (nSPS) is 11.0. The van der Waals surface area contributed by atoms with Crippen LogP contribution in [0.3, 0.4) is 0 Å². The van der Waals surface area contributed by atoms with Crippen molar-refractivity contribution < 1.29 is 14.3 Å². The van der Waals surface area contributed by atoms with Crippen LogP contribution in [-0.4, -0.2) is 36.2 Å². The van der Waals surface area contributed by atoms with Gasteiger partial charge in [0.05, 0.1) is 31.7 Å². The highest BCUT2D eigenvalue weighted by Gasteiger charge is 2.11. The van der Waals surface area contributed by atoms with Gasteiger partial charge in [0.2, 0.25) is 5.91 Å². The number of methoxy groups -OCH3 is 2. The average Bonchev–Trinajstić information content (AvgIpc) is 3.16. The molecule has 0 unspecified atom stereocenters. The topological polar surface area (TPSA) is 65.4 Å². The Bertz CT molecular complexity index is 1010. The fraction of sp³-hybridized carbons (Fsp3) is 0.462. The smallest absolute Gasteiger partial charge is 0.224 e. The molecule has 1 aromatic heterocycles. The number of nitrogens with zero attached hydrogens (tertiary/aromatic N) is 2. The Kier molecular flexibility index (Phi) is 8.96.